The van der Waals surface area contributed by atoms with Gasteiger partial charge in [0.15, 0.2) is 5.69 Å². The number of carbonyl (C=O) groups excluding carboxylic acids is 2. The maximum atomic E-state index is 12.9. The Morgan fingerprint density at radius 3 is 2.58 bits per heavy atom. The van der Waals surface area contributed by atoms with Crippen molar-refractivity contribution in [1.29, 1.82) is 0 Å². The van der Waals surface area contributed by atoms with E-state index in [2.05, 4.69) is 4.98 Å². The van der Waals surface area contributed by atoms with Crippen LogP contribution in [0.5, 0.6) is 5.75 Å². The molecule has 0 bridgehead atoms. The third-order valence-corrected chi connectivity index (χ3v) is 3.67. The fourth-order valence-electron chi connectivity index (χ4n) is 2.32. The summed E-state index contributed by atoms with van der Waals surface area (Å²) in [6.45, 7) is 0. The molecule has 2 heterocycles. The topological polar surface area (TPSA) is 118 Å². The zero-order valence-electron chi connectivity index (χ0n) is 13.3. The Morgan fingerprint density at radius 1 is 1.19 bits per heavy atom. The number of nitrogens with zero attached hydrogens (tertiary/aromatic N) is 3. The number of halogens is 1. The van der Waals surface area contributed by atoms with Crippen molar-refractivity contribution < 1.29 is 19.1 Å². The predicted molar refractivity (Wildman–Crippen MR) is 88.6 cm³/mol. The molecule has 2 aromatic heterocycles. The fraction of sp³-hybridized carbons (Fsp3) is 0.0588. The molecule has 2 amide bonds. The highest BCUT2D eigenvalue weighted by Gasteiger charge is 2.26. The van der Waals surface area contributed by atoms with Crippen molar-refractivity contribution in [3.8, 4) is 5.75 Å². The molecular formula is C17H13FN4O4. The van der Waals surface area contributed by atoms with Gasteiger partial charge in [0.25, 0.3) is 5.91 Å². The Kier molecular flexibility index (Phi) is 4.46. The minimum Gasteiger partial charge on any atom is -0.501 e. The third kappa shape index (κ3) is 3.15. The van der Waals surface area contributed by atoms with Crippen LogP contribution >= 0.6 is 0 Å². The van der Waals surface area contributed by atoms with Crippen molar-refractivity contribution in [2.24, 2.45) is 5.84 Å². The van der Waals surface area contributed by atoms with Crippen LogP contribution in [0.1, 0.15) is 16.1 Å². The van der Waals surface area contributed by atoms with Gasteiger partial charge >= 0.3 is 5.56 Å². The maximum absolute atomic E-state index is 12.9. The molecule has 26 heavy (non-hydrogen) atoms. The van der Waals surface area contributed by atoms with Crippen LogP contribution in [0.3, 0.4) is 0 Å². The molecule has 0 fully saturated rings. The number of rotatable bonds is 3. The first-order valence-corrected chi connectivity index (χ1v) is 7.45. The molecule has 132 valence electrons. The van der Waals surface area contributed by atoms with Gasteiger partial charge in [-0.2, -0.15) is 0 Å². The van der Waals surface area contributed by atoms with Crippen LogP contribution in [-0.4, -0.2) is 31.3 Å². The van der Waals surface area contributed by atoms with Gasteiger partial charge in [0.05, 0.1) is 6.42 Å². The Morgan fingerprint density at radius 2 is 1.88 bits per heavy atom. The number of fused-ring (bicyclic) bond motifs is 1. The molecule has 8 nitrogen and oxygen atoms in total. The van der Waals surface area contributed by atoms with Crippen molar-refractivity contribution >= 4 is 17.5 Å². The zero-order chi connectivity index (χ0) is 18.8. The number of hydrogen-bond donors (Lipinski definition) is 2. The second-order valence-corrected chi connectivity index (χ2v) is 5.42. The molecule has 0 spiro atoms. The molecule has 0 radical (unpaired) electrons. The van der Waals surface area contributed by atoms with Crippen molar-refractivity contribution in [2.75, 3.05) is 0 Å². The van der Waals surface area contributed by atoms with E-state index in [4.69, 9.17) is 5.84 Å². The van der Waals surface area contributed by atoms with Gasteiger partial charge in [-0.25, -0.2) is 20.2 Å². The summed E-state index contributed by atoms with van der Waals surface area (Å²) in [5, 5.41) is 10.2. The average molecular weight is 356 g/mol. The Balaban J connectivity index is 1.89. The number of aromatic hydroxyl groups is 1. The van der Waals surface area contributed by atoms with Crippen molar-refractivity contribution in [2.45, 2.75) is 6.42 Å². The highest BCUT2D eigenvalue weighted by molar-refractivity contribution is 6.05. The number of amides is 2. The van der Waals surface area contributed by atoms with Crippen LogP contribution in [0.4, 0.5) is 4.39 Å². The monoisotopic (exact) mass is 356 g/mol. The number of benzene rings is 1. The summed E-state index contributed by atoms with van der Waals surface area (Å²) in [4.78, 5) is 40.6. The normalized spacial score (nSPS) is 10.7. The van der Waals surface area contributed by atoms with E-state index in [0.29, 0.717) is 5.56 Å². The molecule has 9 heteroatoms. The molecular weight excluding hydrogens is 343 g/mol. The summed E-state index contributed by atoms with van der Waals surface area (Å²) in [6.07, 6.45) is 1.11. The lowest BCUT2D eigenvalue weighted by Gasteiger charge is -2.15. The fourth-order valence-corrected chi connectivity index (χ4v) is 2.32. The Bertz CT molecular complexity index is 1060. The summed E-state index contributed by atoms with van der Waals surface area (Å²) in [5.74, 6) is 2.22. The van der Waals surface area contributed by atoms with Crippen LogP contribution < -0.4 is 11.4 Å². The number of imide groups is 1. The zero-order valence-corrected chi connectivity index (χ0v) is 13.3. The molecule has 0 aliphatic heterocycles. The van der Waals surface area contributed by atoms with Crippen LogP contribution in [0.25, 0.3) is 5.65 Å². The summed E-state index contributed by atoms with van der Waals surface area (Å²) in [5.41, 5.74) is -0.942. The molecule has 1 aromatic carbocycles. The Labute approximate surface area is 145 Å². The van der Waals surface area contributed by atoms with Gasteiger partial charge in [0.1, 0.15) is 11.5 Å². The number of hydrazine groups is 1. The number of aromatic nitrogens is 2. The average Bonchev–Trinajstić information content (AvgIpc) is 2.65. The van der Waals surface area contributed by atoms with Gasteiger partial charge in [-0.1, -0.05) is 18.2 Å². The summed E-state index contributed by atoms with van der Waals surface area (Å²) >= 11 is 0. The van der Waals surface area contributed by atoms with E-state index in [0.717, 1.165) is 4.40 Å². The smallest absolute Gasteiger partial charge is 0.300 e. The highest BCUT2D eigenvalue weighted by Crippen LogP contribution is 2.13. The van der Waals surface area contributed by atoms with Crippen molar-refractivity contribution in [3.05, 3.63) is 76.1 Å². The van der Waals surface area contributed by atoms with E-state index < -0.39 is 34.6 Å². The van der Waals surface area contributed by atoms with Crippen LogP contribution in [0, 0.1) is 5.82 Å². The van der Waals surface area contributed by atoms with Gasteiger partial charge in [0, 0.05) is 6.20 Å². The summed E-state index contributed by atoms with van der Waals surface area (Å²) in [6, 6.07) is 9.70. The number of nitrogens with two attached hydrogens (primary N) is 1. The summed E-state index contributed by atoms with van der Waals surface area (Å²) < 4.78 is 13.9. The minimum absolute atomic E-state index is 0.109. The molecule has 3 rings (SSSR count). The van der Waals surface area contributed by atoms with E-state index in [-0.39, 0.29) is 17.1 Å². The first-order valence-electron chi connectivity index (χ1n) is 7.45. The Hall–Kier alpha value is -3.59. The molecule has 3 N–H and O–H groups in total. The van der Waals surface area contributed by atoms with E-state index >= 15 is 0 Å². The maximum Gasteiger partial charge on any atom is 0.300 e. The largest absolute Gasteiger partial charge is 0.501 e. The predicted octanol–water partition coefficient (Wildman–Crippen LogP) is 0.624. The van der Waals surface area contributed by atoms with Gasteiger partial charge in [-0.3, -0.25) is 18.8 Å². The molecule has 0 aliphatic carbocycles. The van der Waals surface area contributed by atoms with Gasteiger partial charge in [-0.05, 0) is 29.8 Å². The number of pyridine rings is 1. The second-order valence-electron chi connectivity index (χ2n) is 5.42. The molecule has 0 aliphatic rings. The van der Waals surface area contributed by atoms with Crippen molar-refractivity contribution in [3.63, 3.8) is 0 Å². The quantitative estimate of drug-likeness (QED) is 0.404. The van der Waals surface area contributed by atoms with Crippen LogP contribution in [0.15, 0.2) is 53.5 Å². The van der Waals surface area contributed by atoms with E-state index in [9.17, 15) is 23.9 Å². The first-order chi connectivity index (χ1) is 12.4. The van der Waals surface area contributed by atoms with Crippen LogP contribution in [-0.2, 0) is 11.2 Å². The van der Waals surface area contributed by atoms with Gasteiger partial charge < -0.3 is 5.11 Å². The minimum atomic E-state index is -1.13. The lowest BCUT2D eigenvalue weighted by Crippen LogP contribution is -2.44. The molecule has 0 atom stereocenters. The summed E-state index contributed by atoms with van der Waals surface area (Å²) in [7, 11) is 0. The van der Waals surface area contributed by atoms with Gasteiger partial charge in [0.2, 0.25) is 11.7 Å². The molecule has 0 saturated heterocycles. The highest BCUT2D eigenvalue weighted by atomic mass is 19.1. The molecule has 0 unspecified atom stereocenters. The molecule has 3 aromatic rings. The molecule has 0 saturated carbocycles. The van der Waals surface area contributed by atoms with Crippen LogP contribution in [0.2, 0.25) is 0 Å². The SMILES string of the molecule is NN(C(=O)Cc1ccc(F)cc1)C(=O)c1nc2ccccn2c(=O)c1O. The number of hydrogen-bond acceptors (Lipinski definition) is 6. The third-order valence-electron chi connectivity index (χ3n) is 3.67. The van der Waals surface area contributed by atoms with E-state index in [1.807, 2.05) is 0 Å². The second kappa shape index (κ2) is 6.73. The number of carbonyl (C=O) groups is 2. The van der Waals surface area contributed by atoms with Gasteiger partial charge in [-0.15, -0.1) is 0 Å². The first kappa shape index (κ1) is 17.2. The van der Waals surface area contributed by atoms with Crippen molar-refractivity contribution in [1.82, 2.24) is 14.4 Å². The lowest BCUT2D eigenvalue weighted by atomic mass is 10.1. The van der Waals surface area contributed by atoms with E-state index in [1.54, 1.807) is 12.1 Å². The standard InChI is InChI=1S/C17H13FN4O4/c18-11-6-4-10(5-7-11)9-13(23)22(19)16(25)14-15(24)17(26)21-8-2-1-3-12(21)20-14/h1-8,24H,9,19H2. The van der Waals surface area contributed by atoms with E-state index in [1.165, 1.54) is 36.5 Å². The lowest BCUT2D eigenvalue weighted by molar-refractivity contribution is -0.128.